The van der Waals surface area contributed by atoms with E-state index in [0.29, 0.717) is 12.8 Å². The Labute approximate surface area is 267 Å². The van der Waals surface area contributed by atoms with E-state index in [-0.39, 0.29) is 5.91 Å². The van der Waals surface area contributed by atoms with Crippen LogP contribution in [0.5, 0.6) is 0 Å². The van der Waals surface area contributed by atoms with E-state index in [1.54, 1.807) is 0 Å². The highest BCUT2D eigenvalue weighted by Gasteiger charge is 2.26. The summed E-state index contributed by atoms with van der Waals surface area (Å²) in [6.45, 7) is 4.50. The summed E-state index contributed by atoms with van der Waals surface area (Å²) >= 11 is 0. The monoisotopic (exact) mass is 630 g/mol. The molecule has 0 aromatic rings. The van der Waals surface area contributed by atoms with Crippen LogP contribution in [0.4, 0.5) is 0 Å². The molecule has 0 saturated heterocycles. The van der Waals surface area contributed by atoms with Crippen LogP contribution < -0.4 is 5.32 Å². The van der Waals surface area contributed by atoms with Crippen molar-refractivity contribution in [1.29, 1.82) is 0 Å². The number of hydrogen-bond acceptors (Lipinski definition) is 4. The number of nitrogens with one attached hydrogen (secondary N) is 1. The largest absolute Gasteiger partial charge is 0.391 e. The second kappa shape index (κ2) is 31.1. The van der Waals surface area contributed by atoms with E-state index in [2.05, 4.69) is 31.3 Å². The van der Waals surface area contributed by atoms with Crippen molar-refractivity contribution in [3.63, 3.8) is 0 Å². The lowest BCUT2D eigenvalue weighted by Crippen LogP contribution is -2.47. The molecule has 43 heavy (non-hydrogen) atoms. The summed E-state index contributed by atoms with van der Waals surface area (Å²) < 4.78 is 32.4. The number of hydrogen-bond donors (Lipinski definition) is 3. The third-order valence-corrected chi connectivity index (χ3v) is 9.25. The van der Waals surface area contributed by atoms with Gasteiger partial charge < -0.3 is 10.4 Å². The van der Waals surface area contributed by atoms with E-state index in [1.165, 1.54) is 116 Å². The standard InChI is InChI=1S/C36H71NO5S/c1-3-5-7-9-11-13-15-17-18-20-22-24-26-28-30-32-36(39)37-34(33-43(40,41)42)35(38)31-29-27-25-23-21-19-16-14-12-10-8-6-4-2/h17-18,34-35,38H,3-16,19-33H2,1-2H3,(H,37,39)(H,40,41,42)/b18-17-. The smallest absolute Gasteiger partial charge is 0.266 e. The fourth-order valence-corrected chi connectivity index (χ4v) is 6.44. The van der Waals surface area contributed by atoms with Crippen LogP contribution in [-0.2, 0) is 14.9 Å². The van der Waals surface area contributed by atoms with Gasteiger partial charge in [-0.2, -0.15) is 8.42 Å². The highest BCUT2D eigenvalue weighted by molar-refractivity contribution is 7.85. The Balaban J connectivity index is 3.93. The Morgan fingerprint density at radius 1 is 0.605 bits per heavy atom. The van der Waals surface area contributed by atoms with Gasteiger partial charge in [-0.1, -0.05) is 161 Å². The van der Waals surface area contributed by atoms with Crippen molar-refractivity contribution in [2.24, 2.45) is 0 Å². The Hall–Kier alpha value is -0.920. The van der Waals surface area contributed by atoms with E-state index in [9.17, 15) is 22.9 Å². The number of amides is 1. The normalized spacial score (nSPS) is 13.5. The van der Waals surface area contributed by atoms with E-state index < -0.39 is 28.0 Å². The third kappa shape index (κ3) is 32.3. The number of unbranched alkanes of at least 4 members (excludes halogenated alkanes) is 23. The van der Waals surface area contributed by atoms with Gasteiger partial charge in [0.1, 0.15) is 0 Å². The first-order valence-corrected chi connectivity index (χ1v) is 20.0. The van der Waals surface area contributed by atoms with Crippen LogP contribution in [-0.4, -0.2) is 41.9 Å². The molecular formula is C36H71NO5S. The lowest BCUT2D eigenvalue weighted by Gasteiger charge is -2.23. The van der Waals surface area contributed by atoms with Crippen molar-refractivity contribution in [3.8, 4) is 0 Å². The van der Waals surface area contributed by atoms with Gasteiger partial charge in [0.2, 0.25) is 5.91 Å². The third-order valence-electron chi connectivity index (χ3n) is 8.47. The number of carbonyl (C=O) groups excluding carboxylic acids is 1. The van der Waals surface area contributed by atoms with Gasteiger partial charge in [-0.05, 0) is 38.5 Å². The molecule has 1 amide bonds. The minimum atomic E-state index is -4.30. The van der Waals surface area contributed by atoms with E-state index in [0.717, 1.165) is 51.4 Å². The summed E-state index contributed by atoms with van der Waals surface area (Å²) in [5, 5.41) is 13.3. The summed E-state index contributed by atoms with van der Waals surface area (Å²) in [5.41, 5.74) is 0. The molecule has 0 aromatic carbocycles. The molecular weight excluding hydrogens is 558 g/mol. The molecule has 0 fully saturated rings. The van der Waals surface area contributed by atoms with Gasteiger partial charge in [0.25, 0.3) is 10.1 Å². The van der Waals surface area contributed by atoms with Crippen LogP contribution in [0.1, 0.15) is 194 Å². The number of carbonyl (C=O) groups is 1. The summed E-state index contributed by atoms with van der Waals surface area (Å²) in [7, 11) is -4.30. The van der Waals surface area contributed by atoms with Crippen molar-refractivity contribution in [2.75, 3.05) is 5.75 Å². The molecule has 0 radical (unpaired) electrons. The van der Waals surface area contributed by atoms with Gasteiger partial charge in [0.15, 0.2) is 0 Å². The van der Waals surface area contributed by atoms with Crippen LogP contribution in [0.2, 0.25) is 0 Å². The topological polar surface area (TPSA) is 104 Å². The quantitative estimate of drug-likeness (QED) is 0.0381. The van der Waals surface area contributed by atoms with Crippen LogP contribution in [0, 0.1) is 0 Å². The van der Waals surface area contributed by atoms with Crippen LogP contribution in [0.3, 0.4) is 0 Å². The van der Waals surface area contributed by atoms with Gasteiger partial charge >= 0.3 is 0 Å². The maximum atomic E-state index is 12.5. The average Bonchev–Trinajstić information content (AvgIpc) is 2.96. The molecule has 2 atom stereocenters. The first-order chi connectivity index (χ1) is 20.8. The Kier molecular flexibility index (Phi) is 30.4. The number of rotatable bonds is 33. The minimum absolute atomic E-state index is 0.254. The number of aliphatic hydroxyl groups excluding tert-OH is 1. The minimum Gasteiger partial charge on any atom is -0.391 e. The number of allylic oxidation sites excluding steroid dienone is 2. The highest BCUT2D eigenvalue weighted by Crippen LogP contribution is 2.15. The fourth-order valence-electron chi connectivity index (χ4n) is 5.68. The van der Waals surface area contributed by atoms with Crippen molar-refractivity contribution in [1.82, 2.24) is 5.32 Å². The van der Waals surface area contributed by atoms with Crippen LogP contribution in [0.25, 0.3) is 0 Å². The van der Waals surface area contributed by atoms with Crippen LogP contribution in [0.15, 0.2) is 12.2 Å². The average molecular weight is 630 g/mol. The molecule has 256 valence electrons. The predicted octanol–water partition coefficient (Wildman–Crippen LogP) is 10.2. The molecule has 3 N–H and O–H groups in total. The predicted molar refractivity (Wildman–Crippen MR) is 184 cm³/mol. The van der Waals surface area contributed by atoms with Gasteiger partial charge in [-0.25, -0.2) is 0 Å². The van der Waals surface area contributed by atoms with Gasteiger partial charge in [-0.15, -0.1) is 0 Å². The Morgan fingerprint density at radius 2 is 0.977 bits per heavy atom. The summed E-state index contributed by atoms with van der Waals surface area (Å²) in [6.07, 6.45) is 35.8. The maximum Gasteiger partial charge on any atom is 0.266 e. The molecule has 6 nitrogen and oxygen atoms in total. The second-order valence-corrected chi connectivity index (χ2v) is 14.4. The summed E-state index contributed by atoms with van der Waals surface area (Å²) in [4.78, 5) is 12.5. The van der Waals surface area contributed by atoms with Gasteiger partial charge in [0.05, 0.1) is 17.9 Å². The molecule has 0 spiro atoms. The molecule has 2 unspecified atom stereocenters. The Bertz CT molecular complexity index is 740. The van der Waals surface area contributed by atoms with Gasteiger partial charge in [0, 0.05) is 6.42 Å². The lowest BCUT2D eigenvalue weighted by atomic mass is 10.0. The molecule has 7 heteroatoms. The van der Waals surface area contributed by atoms with Gasteiger partial charge in [-0.3, -0.25) is 9.35 Å². The summed E-state index contributed by atoms with van der Waals surface area (Å²) in [5.74, 6) is -0.902. The Morgan fingerprint density at radius 3 is 1.40 bits per heavy atom. The molecule has 0 heterocycles. The molecule has 0 aliphatic heterocycles. The van der Waals surface area contributed by atoms with Crippen molar-refractivity contribution in [2.45, 2.75) is 206 Å². The molecule has 0 rings (SSSR count). The van der Waals surface area contributed by atoms with Crippen molar-refractivity contribution < 1.29 is 22.9 Å². The zero-order valence-electron chi connectivity index (χ0n) is 28.3. The summed E-state index contributed by atoms with van der Waals surface area (Å²) in [6, 6.07) is -0.969. The van der Waals surface area contributed by atoms with E-state index >= 15 is 0 Å². The number of aliphatic hydroxyl groups is 1. The van der Waals surface area contributed by atoms with Crippen LogP contribution >= 0.6 is 0 Å². The van der Waals surface area contributed by atoms with Crippen molar-refractivity contribution in [3.05, 3.63) is 12.2 Å². The maximum absolute atomic E-state index is 12.5. The highest BCUT2D eigenvalue weighted by atomic mass is 32.2. The molecule has 0 aliphatic rings. The second-order valence-electron chi connectivity index (χ2n) is 12.9. The molecule has 0 aliphatic carbocycles. The molecule has 0 bridgehead atoms. The zero-order valence-corrected chi connectivity index (χ0v) is 29.2. The fraction of sp³-hybridized carbons (Fsp3) is 0.917. The van der Waals surface area contributed by atoms with E-state index in [4.69, 9.17) is 0 Å². The SMILES string of the molecule is CCCCCCCC/C=C\CCCCCCCC(=O)NC(CS(=O)(=O)O)C(O)CCCCCCCCCCCCCCC. The first kappa shape index (κ1) is 42.1. The lowest BCUT2D eigenvalue weighted by molar-refractivity contribution is -0.122. The molecule has 0 saturated carbocycles. The first-order valence-electron chi connectivity index (χ1n) is 18.4. The van der Waals surface area contributed by atoms with E-state index in [1.807, 2.05) is 0 Å². The zero-order chi connectivity index (χ0) is 31.9. The van der Waals surface area contributed by atoms with Crippen molar-refractivity contribution >= 4 is 16.0 Å². The molecule has 0 aromatic heterocycles.